The summed E-state index contributed by atoms with van der Waals surface area (Å²) < 4.78 is 21.8. The highest BCUT2D eigenvalue weighted by Gasteiger charge is 2.16. The lowest BCUT2D eigenvalue weighted by Crippen LogP contribution is -2.30. The Balaban J connectivity index is 2.06. The normalized spacial score (nSPS) is 15.8. The molecule has 1 fully saturated rings. The zero-order valence-corrected chi connectivity index (χ0v) is 12.4. The fourth-order valence-electron chi connectivity index (χ4n) is 2.40. The Bertz CT molecular complexity index is 405. The van der Waals surface area contributed by atoms with E-state index in [9.17, 15) is 0 Å². The molecule has 5 nitrogen and oxygen atoms in total. The van der Waals surface area contributed by atoms with E-state index in [-0.39, 0.29) is 0 Å². The van der Waals surface area contributed by atoms with Crippen LogP contribution in [0.2, 0.25) is 0 Å². The quantitative estimate of drug-likeness (QED) is 0.865. The molecule has 1 N–H and O–H groups in total. The molecule has 0 atom stereocenters. The average Bonchev–Trinajstić information content (AvgIpc) is 2.52. The van der Waals surface area contributed by atoms with E-state index in [1.54, 1.807) is 21.3 Å². The maximum absolute atomic E-state index is 5.89. The molecule has 20 heavy (non-hydrogen) atoms. The molecule has 0 bridgehead atoms. The van der Waals surface area contributed by atoms with Crippen LogP contribution >= 0.6 is 0 Å². The fraction of sp³-hybridized carbons (Fsp3) is 0.600. The Labute approximate surface area is 120 Å². The third-order valence-corrected chi connectivity index (χ3v) is 3.58. The number of benzene rings is 1. The second kappa shape index (κ2) is 7.24. The van der Waals surface area contributed by atoms with Crippen molar-refractivity contribution in [2.75, 3.05) is 41.0 Å². The van der Waals surface area contributed by atoms with E-state index in [1.807, 2.05) is 12.1 Å². The number of methoxy groups -OCH3 is 3. The Morgan fingerprint density at radius 3 is 2.10 bits per heavy atom. The van der Waals surface area contributed by atoms with Gasteiger partial charge in [0.25, 0.3) is 0 Å². The monoisotopic (exact) mass is 281 g/mol. The second-order valence-corrected chi connectivity index (χ2v) is 4.87. The lowest BCUT2D eigenvalue weighted by Gasteiger charge is -2.23. The van der Waals surface area contributed by atoms with Gasteiger partial charge in [0.05, 0.1) is 27.9 Å². The first-order valence-electron chi connectivity index (χ1n) is 6.92. The van der Waals surface area contributed by atoms with Crippen molar-refractivity contribution in [1.29, 1.82) is 0 Å². The summed E-state index contributed by atoms with van der Waals surface area (Å²) in [5, 5.41) is 3.35. The first-order chi connectivity index (χ1) is 9.78. The highest BCUT2D eigenvalue weighted by Crippen LogP contribution is 2.40. The summed E-state index contributed by atoms with van der Waals surface area (Å²) in [7, 11) is 4.80. The van der Waals surface area contributed by atoms with Gasteiger partial charge in [0, 0.05) is 12.1 Å². The number of hydrogen-bond donors (Lipinski definition) is 1. The van der Waals surface area contributed by atoms with Gasteiger partial charge >= 0.3 is 0 Å². The molecule has 0 unspecified atom stereocenters. The van der Waals surface area contributed by atoms with Crippen molar-refractivity contribution in [3.05, 3.63) is 12.1 Å². The van der Waals surface area contributed by atoms with E-state index >= 15 is 0 Å². The smallest absolute Gasteiger partial charge is 0.203 e. The molecule has 1 aromatic rings. The summed E-state index contributed by atoms with van der Waals surface area (Å²) in [5.74, 6) is 3.18. The third kappa shape index (κ3) is 3.48. The van der Waals surface area contributed by atoms with Gasteiger partial charge in [0.2, 0.25) is 5.75 Å². The molecule has 0 aromatic heterocycles. The molecule has 2 rings (SSSR count). The average molecular weight is 281 g/mol. The Hall–Kier alpha value is -1.62. The largest absolute Gasteiger partial charge is 0.493 e. The summed E-state index contributed by atoms with van der Waals surface area (Å²) in [5.41, 5.74) is 0. The van der Waals surface area contributed by atoms with Crippen LogP contribution < -0.4 is 24.3 Å². The molecule has 0 saturated carbocycles. The van der Waals surface area contributed by atoms with E-state index in [0.717, 1.165) is 38.3 Å². The van der Waals surface area contributed by atoms with Crippen LogP contribution in [-0.2, 0) is 0 Å². The highest BCUT2D eigenvalue weighted by atomic mass is 16.5. The van der Waals surface area contributed by atoms with Gasteiger partial charge in [0.15, 0.2) is 11.5 Å². The summed E-state index contributed by atoms with van der Waals surface area (Å²) in [6, 6.07) is 3.67. The van der Waals surface area contributed by atoms with Gasteiger partial charge in [-0.05, 0) is 31.8 Å². The molecule has 1 aromatic carbocycles. The summed E-state index contributed by atoms with van der Waals surface area (Å²) in [4.78, 5) is 0. The summed E-state index contributed by atoms with van der Waals surface area (Å²) in [6.07, 6.45) is 2.31. The molecule has 5 heteroatoms. The summed E-state index contributed by atoms with van der Waals surface area (Å²) >= 11 is 0. The maximum Gasteiger partial charge on any atom is 0.203 e. The number of hydrogen-bond acceptors (Lipinski definition) is 5. The van der Waals surface area contributed by atoms with Crippen LogP contribution in [0.15, 0.2) is 12.1 Å². The number of ether oxygens (including phenoxy) is 4. The van der Waals surface area contributed by atoms with Crippen molar-refractivity contribution in [3.8, 4) is 23.0 Å². The zero-order valence-electron chi connectivity index (χ0n) is 12.4. The van der Waals surface area contributed by atoms with Crippen LogP contribution in [0, 0.1) is 5.92 Å². The first kappa shape index (κ1) is 14.8. The first-order valence-corrected chi connectivity index (χ1v) is 6.92. The second-order valence-electron chi connectivity index (χ2n) is 4.87. The number of nitrogens with one attached hydrogen (secondary N) is 1. The van der Waals surface area contributed by atoms with Crippen molar-refractivity contribution in [3.63, 3.8) is 0 Å². The minimum Gasteiger partial charge on any atom is -0.493 e. The van der Waals surface area contributed by atoms with Crippen LogP contribution in [0.25, 0.3) is 0 Å². The van der Waals surface area contributed by atoms with E-state index in [2.05, 4.69) is 5.32 Å². The molecule has 1 aliphatic heterocycles. The predicted molar refractivity (Wildman–Crippen MR) is 77.2 cm³/mol. The maximum atomic E-state index is 5.89. The van der Waals surface area contributed by atoms with Crippen molar-refractivity contribution >= 4 is 0 Å². The molecule has 0 spiro atoms. The highest BCUT2D eigenvalue weighted by molar-refractivity contribution is 5.55. The Morgan fingerprint density at radius 1 is 1.00 bits per heavy atom. The molecule has 0 amide bonds. The number of rotatable bonds is 6. The Kier molecular flexibility index (Phi) is 5.35. The van der Waals surface area contributed by atoms with Crippen molar-refractivity contribution in [1.82, 2.24) is 5.32 Å². The third-order valence-electron chi connectivity index (χ3n) is 3.58. The summed E-state index contributed by atoms with van der Waals surface area (Å²) in [6.45, 7) is 2.87. The molecule has 0 radical (unpaired) electrons. The minimum atomic E-state index is 0.587. The molecule has 112 valence electrons. The van der Waals surface area contributed by atoms with Crippen molar-refractivity contribution in [2.24, 2.45) is 5.92 Å². The minimum absolute atomic E-state index is 0.587. The Morgan fingerprint density at radius 2 is 1.60 bits per heavy atom. The van der Waals surface area contributed by atoms with E-state index < -0.39 is 0 Å². The van der Waals surface area contributed by atoms with Gasteiger partial charge in [-0.15, -0.1) is 0 Å². The van der Waals surface area contributed by atoms with E-state index in [1.165, 1.54) is 0 Å². The van der Waals surface area contributed by atoms with Gasteiger partial charge in [-0.1, -0.05) is 0 Å². The van der Waals surface area contributed by atoms with Gasteiger partial charge in [-0.2, -0.15) is 0 Å². The molecular formula is C15H23NO4. The SMILES string of the molecule is COc1cc(OCC2CCNCC2)cc(OC)c1OC. The van der Waals surface area contributed by atoms with Crippen LogP contribution in [0.5, 0.6) is 23.0 Å². The van der Waals surface area contributed by atoms with Crippen LogP contribution in [0.4, 0.5) is 0 Å². The van der Waals surface area contributed by atoms with E-state index in [4.69, 9.17) is 18.9 Å². The molecule has 0 aliphatic carbocycles. The van der Waals surface area contributed by atoms with Crippen LogP contribution in [0.3, 0.4) is 0 Å². The lowest BCUT2D eigenvalue weighted by molar-refractivity contribution is 0.213. The molecule has 1 heterocycles. The van der Waals surface area contributed by atoms with E-state index in [0.29, 0.717) is 23.2 Å². The lowest BCUT2D eigenvalue weighted by atomic mass is 9.99. The zero-order chi connectivity index (χ0) is 14.4. The van der Waals surface area contributed by atoms with Gasteiger partial charge in [0.1, 0.15) is 5.75 Å². The topological polar surface area (TPSA) is 49.0 Å². The molecular weight excluding hydrogens is 258 g/mol. The van der Waals surface area contributed by atoms with Crippen molar-refractivity contribution < 1.29 is 18.9 Å². The fourth-order valence-corrected chi connectivity index (χ4v) is 2.40. The molecule has 1 aliphatic rings. The van der Waals surface area contributed by atoms with Gasteiger partial charge in [-0.3, -0.25) is 0 Å². The van der Waals surface area contributed by atoms with Gasteiger partial charge in [-0.25, -0.2) is 0 Å². The standard InChI is InChI=1S/C15H23NO4/c1-17-13-8-12(9-14(18-2)15(13)19-3)20-10-11-4-6-16-7-5-11/h8-9,11,16H,4-7,10H2,1-3H3. The van der Waals surface area contributed by atoms with Crippen LogP contribution in [0.1, 0.15) is 12.8 Å². The number of piperidine rings is 1. The predicted octanol–water partition coefficient (Wildman–Crippen LogP) is 2.09. The van der Waals surface area contributed by atoms with Gasteiger partial charge < -0.3 is 24.3 Å². The van der Waals surface area contributed by atoms with Crippen LogP contribution in [-0.4, -0.2) is 41.0 Å². The molecule has 1 saturated heterocycles. The van der Waals surface area contributed by atoms with Crippen molar-refractivity contribution in [2.45, 2.75) is 12.8 Å².